The highest BCUT2D eigenvalue weighted by atomic mass is 16.5. The van der Waals surface area contributed by atoms with Crippen LogP contribution in [0.1, 0.15) is 39.9 Å². The van der Waals surface area contributed by atoms with E-state index in [9.17, 15) is 19.5 Å². The Balaban J connectivity index is 1.29. The maximum absolute atomic E-state index is 13.0. The summed E-state index contributed by atoms with van der Waals surface area (Å²) in [5.74, 6) is -1.10. The number of aliphatic hydroxyl groups excluding tert-OH is 1. The molecule has 0 aromatic heterocycles. The number of aryl methyl sites for hydroxylation is 1. The number of ether oxygens (including phenoxy) is 2. The number of amides is 1. The Morgan fingerprint density at radius 1 is 0.944 bits per heavy atom. The van der Waals surface area contributed by atoms with Crippen LogP contribution in [0.3, 0.4) is 0 Å². The lowest BCUT2D eigenvalue weighted by Gasteiger charge is -2.24. The third-order valence-electron chi connectivity index (χ3n) is 6.18. The van der Waals surface area contributed by atoms with Crippen molar-refractivity contribution in [2.75, 3.05) is 6.61 Å². The van der Waals surface area contributed by atoms with Crippen LogP contribution in [-0.2, 0) is 34.0 Å². The Kier molecular flexibility index (Phi) is 8.47. The van der Waals surface area contributed by atoms with Gasteiger partial charge in [0.2, 0.25) is 5.91 Å². The van der Waals surface area contributed by atoms with Gasteiger partial charge in [-0.15, -0.1) is 0 Å². The molecule has 186 valence electrons. The van der Waals surface area contributed by atoms with Gasteiger partial charge >= 0.3 is 5.97 Å². The van der Waals surface area contributed by atoms with Gasteiger partial charge in [0.15, 0.2) is 11.8 Å². The van der Waals surface area contributed by atoms with E-state index in [1.807, 2.05) is 66.7 Å². The molecule has 2 atom stereocenters. The smallest absolute Gasteiger partial charge is 0.331 e. The van der Waals surface area contributed by atoms with Gasteiger partial charge < -0.3 is 19.9 Å². The molecule has 4 rings (SSSR count). The van der Waals surface area contributed by atoms with Gasteiger partial charge in [0.05, 0.1) is 6.61 Å². The Bertz CT molecular complexity index is 1190. The van der Waals surface area contributed by atoms with Gasteiger partial charge in [-0.25, -0.2) is 4.79 Å². The zero-order valence-corrected chi connectivity index (χ0v) is 19.9. The fourth-order valence-electron chi connectivity index (χ4n) is 4.21. The molecule has 0 saturated heterocycles. The fraction of sp³-hybridized carbons (Fsp3) is 0.276. The van der Waals surface area contributed by atoms with Gasteiger partial charge in [-0.05, 0) is 47.7 Å². The van der Waals surface area contributed by atoms with E-state index in [2.05, 4.69) is 5.32 Å². The normalized spacial score (nSPS) is 15.5. The highest BCUT2D eigenvalue weighted by Crippen LogP contribution is 2.30. The average Bonchev–Trinajstić information content (AvgIpc) is 2.92. The van der Waals surface area contributed by atoms with Gasteiger partial charge in [-0.1, -0.05) is 60.7 Å². The highest BCUT2D eigenvalue weighted by Gasteiger charge is 2.31. The van der Waals surface area contributed by atoms with E-state index in [4.69, 9.17) is 9.47 Å². The molecule has 1 aliphatic carbocycles. The summed E-state index contributed by atoms with van der Waals surface area (Å²) in [5, 5.41) is 12.1. The number of Topliss-reactive ketones (excluding diaryl/α,β-unsaturated/α-hetero) is 1. The van der Waals surface area contributed by atoms with Crippen LogP contribution < -0.4 is 10.1 Å². The number of fused-ring (bicyclic) bond motifs is 1. The van der Waals surface area contributed by atoms with Crippen molar-refractivity contribution in [2.24, 2.45) is 5.92 Å². The molecule has 1 amide bonds. The number of carbonyl (C=O) groups is 3. The van der Waals surface area contributed by atoms with Crippen LogP contribution in [0.5, 0.6) is 5.75 Å². The minimum absolute atomic E-state index is 0.0426. The summed E-state index contributed by atoms with van der Waals surface area (Å²) >= 11 is 0. The first-order valence-electron chi connectivity index (χ1n) is 12.0. The average molecular weight is 488 g/mol. The monoisotopic (exact) mass is 487 g/mol. The van der Waals surface area contributed by atoms with Crippen molar-refractivity contribution >= 4 is 17.7 Å². The Labute approximate surface area is 210 Å². The van der Waals surface area contributed by atoms with Crippen LogP contribution in [0.4, 0.5) is 0 Å². The molecule has 7 heteroatoms. The van der Waals surface area contributed by atoms with E-state index in [-0.39, 0.29) is 18.8 Å². The Hall–Kier alpha value is -3.97. The predicted molar refractivity (Wildman–Crippen MR) is 133 cm³/mol. The third kappa shape index (κ3) is 6.58. The van der Waals surface area contributed by atoms with Crippen molar-refractivity contribution < 1.29 is 29.0 Å². The maximum atomic E-state index is 13.0. The van der Waals surface area contributed by atoms with Crippen LogP contribution in [0.25, 0.3) is 0 Å². The molecule has 0 aliphatic heterocycles. The number of rotatable bonds is 10. The number of ketones is 1. The number of hydrogen-bond acceptors (Lipinski definition) is 6. The fourth-order valence-corrected chi connectivity index (χ4v) is 4.21. The predicted octanol–water partition coefficient (Wildman–Crippen LogP) is 3.62. The Morgan fingerprint density at radius 3 is 2.28 bits per heavy atom. The number of esters is 1. The van der Waals surface area contributed by atoms with Gasteiger partial charge in [-0.2, -0.15) is 0 Å². The maximum Gasteiger partial charge on any atom is 0.331 e. The molecule has 0 spiro atoms. The number of aliphatic hydroxyl groups is 1. The van der Waals surface area contributed by atoms with Crippen LogP contribution >= 0.6 is 0 Å². The van der Waals surface area contributed by atoms with Gasteiger partial charge in [-0.3, -0.25) is 9.59 Å². The topological polar surface area (TPSA) is 102 Å². The molecule has 0 bridgehead atoms. The number of hydrogen-bond donors (Lipinski definition) is 2. The lowest BCUT2D eigenvalue weighted by atomic mass is 9.81. The lowest BCUT2D eigenvalue weighted by molar-refractivity contribution is -0.150. The quantitative estimate of drug-likeness (QED) is 0.424. The van der Waals surface area contributed by atoms with Gasteiger partial charge in [0.25, 0.3) is 0 Å². The molecule has 36 heavy (non-hydrogen) atoms. The summed E-state index contributed by atoms with van der Waals surface area (Å²) in [6, 6.07) is 23.2. The van der Waals surface area contributed by atoms with E-state index < -0.39 is 30.4 Å². The number of nitrogens with one attached hydrogen (secondary N) is 1. The molecule has 7 nitrogen and oxygen atoms in total. The van der Waals surface area contributed by atoms with E-state index in [1.54, 1.807) is 12.1 Å². The third-order valence-corrected chi connectivity index (χ3v) is 6.18. The van der Waals surface area contributed by atoms with E-state index in [1.165, 1.54) is 0 Å². The van der Waals surface area contributed by atoms with Crippen LogP contribution in [0.15, 0.2) is 78.9 Å². The summed E-state index contributed by atoms with van der Waals surface area (Å²) in [7, 11) is 0. The van der Waals surface area contributed by atoms with Crippen molar-refractivity contribution in [1.82, 2.24) is 5.32 Å². The summed E-state index contributed by atoms with van der Waals surface area (Å²) < 4.78 is 11.1. The van der Waals surface area contributed by atoms with Gasteiger partial charge in [0.1, 0.15) is 19.0 Å². The van der Waals surface area contributed by atoms with E-state index in [0.717, 1.165) is 16.7 Å². The van der Waals surface area contributed by atoms with Crippen molar-refractivity contribution in [3.63, 3.8) is 0 Å². The minimum Gasteiger partial charge on any atom is -0.489 e. The van der Waals surface area contributed by atoms with Crippen molar-refractivity contribution in [3.05, 3.63) is 101 Å². The molecule has 0 saturated carbocycles. The zero-order valence-electron chi connectivity index (χ0n) is 19.9. The standard InChI is InChI=1S/C29H29NO6/c31-17-26(29(34)36-19-21-9-5-2-6-10-21)30-27(32)16-23-12-11-22-15-24(13-14-25(22)28(23)33)35-18-20-7-3-1-4-8-20/h1-10,13-15,23,26,31H,11-12,16-19H2,(H,30,32)/t23?,26-/m0/s1. The molecule has 1 aliphatic rings. The first kappa shape index (κ1) is 25.1. The number of benzene rings is 3. The first-order chi connectivity index (χ1) is 17.5. The van der Waals surface area contributed by atoms with Crippen LogP contribution in [0, 0.1) is 5.92 Å². The highest BCUT2D eigenvalue weighted by molar-refractivity contribution is 6.02. The molecular weight excluding hydrogens is 458 g/mol. The summed E-state index contributed by atoms with van der Waals surface area (Å²) in [5.41, 5.74) is 3.35. The molecule has 0 radical (unpaired) electrons. The first-order valence-corrected chi connectivity index (χ1v) is 12.0. The van der Waals surface area contributed by atoms with E-state index in [0.29, 0.717) is 30.8 Å². The SMILES string of the molecule is O=C(CC1CCc2cc(OCc3ccccc3)ccc2C1=O)N[C@@H](CO)C(=O)OCc1ccccc1. The molecule has 2 N–H and O–H groups in total. The van der Waals surface area contributed by atoms with Crippen LogP contribution in [0.2, 0.25) is 0 Å². The van der Waals surface area contributed by atoms with E-state index >= 15 is 0 Å². The largest absolute Gasteiger partial charge is 0.489 e. The molecule has 3 aromatic carbocycles. The van der Waals surface area contributed by atoms with Gasteiger partial charge in [0, 0.05) is 17.9 Å². The van der Waals surface area contributed by atoms with Crippen molar-refractivity contribution in [1.29, 1.82) is 0 Å². The molecule has 1 unspecified atom stereocenters. The summed E-state index contributed by atoms with van der Waals surface area (Å²) in [6.07, 6.45) is 1.10. The molecule has 0 heterocycles. The Morgan fingerprint density at radius 2 is 1.61 bits per heavy atom. The zero-order chi connectivity index (χ0) is 25.3. The summed E-state index contributed by atoms with van der Waals surface area (Å²) in [6.45, 7) is -0.107. The van der Waals surface area contributed by atoms with Crippen molar-refractivity contribution in [3.8, 4) is 5.75 Å². The summed E-state index contributed by atoms with van der Waals surface area (Å²) in [4.78, 5) is 37.9. The van der Waals surface area contributed by atoms with Crippen LogP contribution in [-0.4, -0.2) is 35.4 Å². The molecular formula is C29H29NO6. The number of carbonyl (C=O) groups excluding carboxylic acids is 3. The minimum atomic E-state index is -1.18. The lowest BCUT2D eigenvalue weighted by Crippen LogP contribution is -2.45. The second-order valence-electron chi connectivity index (χ2n) is 8.79. The molecule has 3 aromatic rings. The van der Waals surface area contributed by atoms with Crippen molar-refractivity contribution in [2.45, 2.75) is 38.5 Å². The second-order valence-corrected chi connectivity index (χ2v) is 8.79. The second kappa shape index (κ2) is 12.1. The molecule has 0 fully saturated rings.